The minimum Gasteiger partial charge on any atom is -0.481 e. The molecule has 1 aromatic heterocycles. The number of rotatable bonds is 13. The van der Waals surface area contributed by atoms with E-state index < -0.39 is 54.3 Å². The summed E-state index contributed by atoms with van der Waals surface area (Å²) in [5, 5.41) is 26.2. The molecule has 190 valence electrons. The molecular formula is C23H31N5O7. The first-order valence-corrected chi connectivity index (χ1v) is 11.1. The Bertz CT molecular complexity index is 1080. The van der Waals surface area contributed by atoms with E-state index >= 15 is 0 Å². The van der Waals surface area contributed by atoms with Crippen LogP contribution >= 0.6 is 0 Å². The summed E-state index contributed by atoms with van der Waals surface area (Å²) >= 11 is 0. The highest BCUT2D eigenvalue weighted by Gasteiger charge is 2.27. The van der Waals surface area contributed by atoms with E-state index in [0.29, 0.717) is 0 Å². The summed E-state index contributed by atoms with van der Waals surface area (Å²) in [6.07, 6.45) is 1.35. The maximum atomic E-state index is 12.9. The Morgan fingerprint density at radius 1 is 1.03 bits per heavy atom. The summed E-state index contributed by atoms with van der Waals surface area (Å²) in [5.41, 5.74) is 7.34. The SMILES string of the molecule is CC(C)C(NC(=O)CNC(=O)C(Cc1c[nH]c2ccccc12)NC(=O)C(N)CCC(=O)O)C(=O)O. The first-order valence-electron chi connectivity index (χ1n) is 11.1. The number of amides is 3. The van der Waals surface area contributed by atoms with Crippen molar-refractivity contribution >= 4 is 40.6 Å². The Kier molecular flexibility index (Phi) is 9.76. The number of H-pyrrole nitrogens is 1. The van der Waals surface area contributed by atoms with Gasteiger partial charge >= 0.3 is 11.9 Å². The number of carbonyl (C=O) groups is 5. The average Bonchev–Trinajstić information content (AvgIpc) is 3.21. The minimum absolute atomic E-state index is 0.0681. The molecule has 0 radical (unpaired) electrons. The predicted octanol–water partition coefficient (Wildman–Crippen LogP) is -0.271. The fraction of sp³-hybridized carbons (Fsp3) is 0.435. The molecule has 35 heavy (non-hydrogen) atoms. The molecule has 0 fully saturated rings. The molecule has 0 aliphatic heterocycles. The molecular weight excluding hydrogens is 458 g/mol. The molecule has 8 N–H and O–H groups in total. The van der Waals surface area contributed by atoms with Crippen molar-refractivity contribution in [1.29, 1.82) is 0 Å². The highest BCUT2D eigenvalue weighted by Crippen LogP contribution is 2.19. The number of benzene rings is 1. The van der Waals surface area contributed by atoms with Crippen LogP contribution in [0.1, 0.15) is 32.3 Å². The van der Waals surface area contributed by atoms with Crippen molar-refractivity contribution in [3.8, 4) is 0 Å². The molecule has 0 bridgehead atoms. The lowest BCUT2D eigenvalue weighted by molar-refractivity contribution is -0.143. The Morgan fingerprint density at radius 3 is 2.34 bits per heavy atom. The third-order valence-corrected chi connectivity index (χ3v) is 5.41. The average molecular weight is 490 g/mol. The Hall–Kier alpha value is -3.93. The van der Waals surface area contributed by atoms with Crippen molar-refractivity contribution < 1.29 is 34.2 Å². The fourth-order valence-corrected chi connectivity index (χ4v) is 3.45. The lowest BCUT2D eigenvalue weighted by Crippen LogP contribution is -2.54. The smallest absolute Gasteiger partial charge is 0.326 e. The summed E-state index contributed by atoms with van der Waals surface area (Å²) in [4.78, 5) is 62.8. The number of para-hydroxylation sites is 1. The number of carbonyl (C=O) groups excluding carboxylic acids is 3. The van der Waals surface area contributed by atoms with E-state index in [9.17, 15) is 29.1 Å². The van der Waals surface area contributed by atoms with Crippen LogP contribution in [0.2, 0.25) is 0 Å². The molecule has 2 rings (SSSR count). The van der Waals surface area contributed by atoms with E-state index in [2.05, 4.69) is 20.9 Å². The molecule has 0 aliphatic carbocycles. The van der Waals surface area contributed by atoms with Gasteiger partial charge in [0.2, 0.25) is 17.7 Å². The maximum absolute atomic E-state index is 12.9. The van der Waals surface area contributed by atoms with Crippen LogP contribution < -0.4 is 21.7 Å². The van der Waals surface area contributed by atoms with Crippen LogP contribution in [-0.4, -0.2) is 69.5 Å². The molecule has 0 saturated heterocycles. The lowest BCUT2D eigenvalue weighted by Gasteiger charge is -2.21. The molecule has 0 spiro atoms. The number of nitrogens with one attached hydrogen (secondary N) is 4. The predicted molar refractivity (Wildman–Crippen MR) is 126 cm³/mol. The maximum Gasteiger partial charge on any atom is 0.326 e. The number of aromatic amines is 1. The number of hydrogen-bond acceptors (Lipinski definition) is 6. The van der Waals surface area contributed by atoms with Gasteiger partial charge in [-0.05, 0) is 24.0 Å². The highest BCUT2D eigenvalue weighted by atomic mass is 16.4. The minimum atomic E-state index is -1.19. The topological polar surface area (TPSA) is 204 Å². The largest absolute Gasteiger partial charge is 0.481 e. The zero-order chi connectivity index (χ0) is 26.1. The molecule has 0 saturated carbocycles. The third kappa shape index (κ3) is 8.10. The van der Waals surface area contributed by atoms with Gasteiger partial charge < -0.3 is 36.9 Å². The molecule has 3 amide bonds. The van der Waals surface area contributed by atoms with Crippen molar-refractivity contribution in [3.05, 3.63) is 36.0 Å². The van der Waals surface area contributed by atoms with Crippen LogP contribution in [0.15, 0.2) is 30.5 Å². The number of hydrogen-bond donors (Lipinski definition) is 7. The van der Waals surface area contributed by atoms with Crippen molar-refractivity contribution in [1.82, 2.24) is 20.9 Å². The fourth-order valence-electron chi connectivity index (χ4n) is 3.45. The summed E-state index contributed by atoms with van der Waals surface area (Å²) in [5.74, 6) is -4.75. The van der Waals surface area contributed by atoms with E-state index in [1.807, 2.05) is 24.3 Å². The van der Waals surface area contributed by atoms with Gasteiger partial charge in [-0.25, -0.2) is 4.79 Å². The highest BCUT2D eigenvalue weighted by molar-refractivity contribution is 5.93. The van der Waals surface area contributed by atoms with Gasteiger partial charge in [-0.2, -0.15) is 0 Å². The number of carboxylic acid groups (broad SMARTS) is 2. The van der Waals surface area contributed by atoms with Gasteiger partial charge in [-0.3, -0.25) is 19.2 Å². The number of aromatic nitrogens is 1. The zero-order valence-electron chi connectivity index (χ0n) is 19.5. The monoisotopic (exact) mass is 489 g/mol. The number of aliphatic carboxylic acids is 2. The van der Waals surface area contributed by atoms with Crippen molar-refractivity contribution in [2.45, 2.75) is 51.2 Å². The summed E-state index contributed by atoms with van der Waals surface area (Å²) in [6, 6.07) is 3.99. The molecule has 12 nitrogen and oxygen atoms in total. The van der Waals surface area contributed by atoms with Crippen molar-refractivity contribution in [2.24, 2.45) is 11.7 Å². The summed E-state index contributed by atoms with van der Waals surface area (Å²) in [7, 11) is 0. The van der Waals surface area contributed by atoms with Gasteiger partial charge in [0, 0.05) is 29.9 Å². The number of fused-ring (bicyclic) bond motifs is 1. The Balaban J connectivity index is 2.12. The Labute approximate surface area is 201 Å². The quantitative estimate of drug-likeness (QED) is 0.199. The standard InChI is InChI=1S/C23H31N5O7/c1-12(2)20(23(34)35)28-18(29)11-26-22(33)17(27-21(32)15(24)7-8-19(30)31)9-13-10-25-16-6-4-3-5-14(13)16/h3-6,10,12,15,17,20,25H,7-9,11,24H2,1-2H3,(H,26,33)(H,27,32)(H,28,29)(H,30,31)(H,34,35). The molecule has 12 heteroatoms. The Morgan fingerprint density at radius 2 is 1.71 bits per heavy atom. The molecule has 1 heterocycles. The van der Waals surface area contributed by atoms with Crippen LogP contribution in [0.3, 0.4) is 0 Å². The summed E-state index contributed by atoms with van der Waals surface area (Å²) < 4.78 is 0. The molecule has 3 unspecified atom stereocenters. The molecule has 3 atom stereocenters. The van der Waals surface area contributed by atoms with E-state index in [0.717, 1.165) is 16.5 Å². The van der Waals surface area contributed by atoms with Crippen LogP contribution in [0.4, 0.5) is 0 Å². The van der Waals surface area contributed by atoms with E-state index in [4.69, 9.17) is 10.8 Å². The van der Waals surface area contributed by atoms with Gasteiger partial charge in [0.1, 0.15) is 12.1 Å². The van der Waals surface area contributed by atoms with Gasteiger partial charge in [0.25, 0.3) is 0 Å². The second-order valence-electron chi connectivity index (χ2n) is 8.51. The van der Waals surface area contributed by atoms with Crippen LogP contribution in [0.25, 0.3) is 10.9 Å². The second kappa shape index (κ2) is 12.5. The van der Waals surface area contributed by atoms with Crippen LogP contribution in [-0.2, 0) is 30.4 Å². The molecule has 1 aromatic carbocycles. The number of nitrogens with two attached hydrogens (primary N) is 1. The van der Waals surface area contributed by atoms with Gasteiger partial charge in [0.05, 0.1) is 12.6 Å². The number of carboxylic acids is 2. The zero-order valence-corrected chi connectivity index (χ0v) is 19.5. The first-order chi connectivity index (χ1) is 16.5. The normalized spacial score (nSPS) is 13.6. The first kappa shape index (κ1) is 27.3. The molecule has 2 aromatic rings. The van der Waals surface area contributed by atoms with Gasteiger partial charge in [0.15, 0.2) is 0 Å². The third-order valence-electron chi connectivity index (χ3n) is 5.41. The van der Waals surface area contributed by atoms with Crippen molar-refractivity contribution in [3.63, 3.8) is 0 Å². The van der Waals surface area contributed by atoms with Crippen molar-refractivity contribution in [2.75, 3.05) is 6.54 Å². The van der Waals surface area contributed by atoms with Crippen LogP contribution in [0, 0.1) is 5.92 Å². The van der Waals surface area contributed by atoms with Gasteiger partial charge in [-0.15, -0.1) is 0 Å². The van der Waals surface area contributed by atoms with E-state index in [1.54, 1.807) is 20.0 Å². The van der Waals surface area contributed by atoms with E-state index in [-0.39, 0.29) is 25.2 Å². The lowest BCUT2D eigenvalue weighted by atomic mass is 10.0. The molecule has 0 aliphatic rings. The van der Waals surface area contributed by atoms with Crippen LogP contribution in [0.5, 0.6) is 0 Å². The van der Waals surface area contributed by atoms with Gasteiger partial charge in [-0.1, -0.05) is 32.0 Å². The van der Waals surface area contributed by atoms with E-state index in [1.165, 1.54) is 0 Å². The summed E-state index contributed by atoms with van der Waals surface area (Å²) in [6.45, 7) is 2.77. The second-order valence-corrected chi connectivity index (χ2v) is 8.51.